The lowest BCUT2D eigenvalue weighted by Gasteiger charge is -2.14. The molecule has 25 heavy (non-hydrogen) atoms. The van der Waals surface area contributed by atoms with Crippen LogP contribution < -0.4 is 10.5 Å². The first-order chi connectivity index (χ1) is 11.8. The number of rotatable bonds is 3. The molecule has 3 aromatic rings. The Morgan fingerprint density at radius 2 is 1.72 bits per heavy atom. The van der Waals surface area contributed by atoms with Gasteiger partial charge in [0.25, 0.3) is 0 Å². The molecule has 0 aliphatic carbocycles. The molecule has 130 valence electrons. The highest BCUT2D eigenvalue weighted by molar-refractivity contribution is 5.64. The number of ether oxygens (including phenoxy) is 1. The monoisotopic (exact) mass is 348 g/mol. The van der Waals surface area contributed by atoms with E-state index in [4.69, 9.17) is 10.5 Å². The molecular weight excluding hydrogens is 333 g/mol. The molecule has 0 saturated carbocycles. The second kappa shape index (κ2) is 6.12. The van der Waals surface area contributed by atoms with Gasteiger partial charge >= 0.3 is 6.18 Å². The molecule has 8 heteroatoms. The van der Waals surface area contributed by atoms with Crippen LogP contribution in [0.15, 0.2) is 42.5 Å². The first-order valence-corrected chi connectivity index (χ1v) is 7.35. The molecule has 0 saturated heterocycles. The van der Waals surface area contributed by atoms with Crippen LogP contribution in [0.1, 0.15) is 11.1 Å². The van der Waals surface area contributed by atoms with Gasteiger partial charge < -0.3 is 10.5 Å². The second-order valence-electron chi connectivity index (χ2n) is 5.47. The van der Waals surface area contributed by atoms with Crippen molar-refractivity contribution in [3.63, 3.8) is 0 Å². The maximum atomic E-state index is 12.7. The fourth-order valence-electron chi connectivity index (χ4n) is 2.50. The quantitative estimate of drug-likeness (QED) is 0.781. The molecule has 5 nitrogen and oxygen atoms in total. The Balaban J connectivity index is 2.14. The van der Waals surface area contributed by atoms with Crippen LogP contribution in [0.25, 0.3) is 17.1 Å². The number of benzene rings is 2. The van der Waals surface area contributed by atoms with Crippen LogP contribution in [-0.4, -0.2) is 21.9 Å². The number of hydrogen-bond acceptors (Lipinski definition) is 4. The molecule has 2 aromatic carbocycles. The van der Waals surface area contributed by atoms with Gasteiger partial charge in [-0.1, -0.05) is 18.2 Å². The Morgan fingerprint density at radius 1 is 1.04 bits per heavy atom. The van der Waals surface area contributed by atoms with Crippen molar-refractivity contribution < 1.29 is 17.9 Å². The first kappa shape index (κ1) is 16.8. The normalized spacial score (nSPS) is 11.6. The van der Waals surface area contributed by atoms with Gasteiger partial charge in [0.15, 0.2) is 5.82 Å². The molecule has 0 spiro atoms. The van der Waals surface area contributed by atoms with Gasteiger partial charge in [-0.25, -0.2) is 0 Å². The largest absolute Gasteiger partial charge is 0.495 e. The average molecular weight is 348 g/mol. The number of alkyl halides is 3. The molecule has 0 unspecified atom stereocenters. The molecule has 0 bridgehead atoms. The topological polar surface area (TPSA) is 66.0 Å². The number of halogens is 3. The van der Waals surface area contributed by atoms with Gasteiger partial charge in [0.05, 0.1) is 18.4 Å². The first-order valence-electron chi connectivity index (χ1n) is 7.35. The van der Waals surface area contributed by atoms with Crippen molar-refractivity contribution in [2.45, 2.75) is 13.1 Å². The summed E-state index contributed by atoms with van der Waals surface area (Å²) >= 11 is 0. The molecule has 0 aliphatic rings. The van der Waals surface area contributed by atoms with Crippen LogP contribution in [0.5, 0.6) is 5.75 Å². The van der Waals surface area contributed by atoms with E-state index >= 15 is 0 Å². The second-order valence-corrected chi connectivity index (χ2v) is 5.47. The number of aromatic nitrogens is 3. The lowest BCUT2D eigenvalue weighted by Crippen LogP contribution is -2.06. The van der Waals surface area contributed by atoms with E-state index in [1.165, 1.54) is 19.2 Å². The maximum Gasteiger partial charge on any atom is 0.416 e. The molecule has 0 amide bonds. The van der Waals surface area contributed by atoms with Crippen LogP contribution in [0, 0.1) is 6.92 Å². The minimum Gasteiger partial charge on any atom is -0.495 e. The van der Waals surface area contributed by atoms with Crippen molar-refractivity contribution in [2.24, 2.45) is 0 Å². The summed E-state index contributed by atoms with van der Waals surface area (Å²) in [5.41, 5.74) is 7.23. The summed E-state index contributed by atoms with van der Waals surface area (Å²) in [5, 5.41) is 7.87. The van der Waals surface area contributed by atoms with E-state index in [0.717, 1.165) is 17.7 Å². The molecular formula is C17H15F3N4O. The van der Waals surface area contributed by atoms with E-state index in [1.54, 1.807) is 10.6 Å². The lowest BCUT2D eigenvalue weighted by molar-refractivity contribution is -0.137. The number of nitrogens with zero attached hydrogens (tertiary/aromatic N) is 3. The zero-order valence-corrected chi connectivity index (χ0v) is 13.5. The Bertz CT molecular complexity index is 901. The molecule has 1 aromatic heterocycles. The van der Waals surface area contributed by atoms with E-state index in [2.05, 4.69) is 10.2 Å². The van der Waals surface area contributed by atoms with Crippen LogP contribution >= 0.6 is 0 Å². The van der Waals surface area contributed by atoms with E-state index in [1.807, 2.05) is 19.1 Å². The van der Waals surface area contributed by atoms with Crippen molar-refractivity contribution in [2.75, 3.05) is 12.8 Å². The minimum atomic E-state index is -4.40. The van der Waals surface area contributed by atoms with Crippen LogP contribution in [-0.2, 0) is 6.18 Å². The molecule has 0 radical (unpaired) electrons. The van der Waals surface area contributed by atoms with E-state index in [9.17, 15) is 13.2 Å². The third-order valence-corrected chi connectivity index (χ3v) is 3.73. The van der Waals surface area contributed by atoms with Crippen LogP contribution in [0.4, 0.5) is 19.1 Å². The third kappa shape index (κ3) is 3.15. The Kier molecular flexibility index (Phi) is 4.12. The number of nitrogen functional groups attached to an aromatic ring is 1. The van der Waals surface area contributed by atoms with Crippen molar-refractivity contribution in [1.29, 1.82) is 0 Å². The summed E-state index contributed by atoms with van der Waals surface area (Å²) in [5.74, 6) is 0.985. The van der Waals surface area contributed by atoms with Gasteiger partial charge in [-0.2, -0.15) is 13.2 Å². The standard InChI is InChI=1S/C17H15F3N4O/c1-10-3-8-14(25-2)13(9-10)24-15(22-23-16(24)21)11-4-6-12(7-5-11)17(18,19)20/h3-9H,1-2H3,(H2,21,23). The van der Waals surface area contributed by atoms with E-state index < -0.39 is 11.7 Å². The zero-order chi connectivity index (χ0) is 18.2. The van der Waals surface area contributed by atoms with Crippen molar-refractivity contribution in [1.82, 2.24) is 14.8 Å². The molecule has 2 N–H and O–H groups in total. The number of hydrogen-bond donors (Lipinski definition) is 1. The van der Waals surface area contributed by atoms with Gasteiger partial charge in [0.2, 0.25) is 5.95 Å². The number of anilines is 1. The van der Waals surface area contributed by atoms with Crippen molar-refractivity contribution >= 4 is 5.95 Å². The third-order valence-electron chi connectivity index (χ3n) is 3.73. The molecule has 1 heterocycles. The predicted molar refractivity (Wildman–Crippen MR) is 87.5 cm³/mol. The van der Waals surface area contributed by atoms with Gasteiger partial charge in [-0.05, 0) is 36.8 Å². The summed E-state index contributed by atoms with van der Waals surface area (Å²) in [7, 11) is 1.52. The van der Waals surface area contributed by atoms with E-state index in [-0.39, 0.29) is 5.95 Å². The van der Waals surface area contributed by atoms with Gasteiger partial charge in [0.1, 0.15) is 5.75 Å². The number of methoxy groups -OCH3 is 1. The Hall–Kier alpha value is -3.03. The molecule has 0 fully saturated rings. The molecule has 0 atom stereocenters. The van der Waals surface area contributed by atoms with Gasteiger partial charge in [0, 0.05) is 5.56 Å². The van der Waals surface area contributed by atoms with Crippen LogP contribution in [0.2, 0.25) is 0 Å². The summed E-state index contributed by atoms with van der Waals surface area (Å²) < 4.78 is 45.1. The highest BCUT2D eigenvalue weighted by Crippen LogP contribution is 2.33. The molecule has 0 aliphatic heterocycles. The van der Waals surface area contributed by atoms with Gasteiger partial charge in [-0.3, -0.25) is 4.57 Å². The Morgan fingerprint density at radius 3 is 2.32 bits per heavy atom. The summed E-state index contributed by atoms with van der Waals surface area (Å²) in [4.78, 5) is 0. The van der Waals surface area contributed by atoms with Gasteiger partial charge in [-0.15, -0.1) is 10.2 Å². The molecule has 3 rings (SSSR count). The number of nitrogens with two attached hydrogens (primary N) is 1. The summed E-state index contributed by atoms with van der Waals surface area (Å²) in [6.07, 6.45) is -4.40. The smallest absolute Gasteiger partial charge is 0.416 e. The fraction of sp³-hybridized carbons (Fsp3) is 0.176. The minimum absolute atomic E-state index is 0.110. The Labute approximate surface area is 141 Å². The summed E-state index contributed by atoms with van der Waals surface area (Å²) in [6, 6.07) is 10.2. The SMILES string of the molecule is COc1ccc(C)cc1-n1c(N)nnc1-c1ccc(C(F)(F)F)cc1. The van der Waals surface area contributed by atoms with Crippen molar-refractivity contribution in [3.05, 3.63) is 53.6 Å². The number of aryl methyl sites for hydroxylation is 1. The predicted octanol–water partition coefficient (Wildman–Crippen LogP) is 3.85. The highest BCUT2D eigenvalue weighted by atomic mass is 19.4. The fourth-order valence-corrected chi connectivity index (χ4v) is 2.50. The maximum absolute atomic E-state index is 12.7. The summed E-state index contributed by atoms with van der Waals surface area (Å²) in [6.45, 7) is 1.90. The van der Waals surface area contributed by atoms with Crippen LogP contribution in [0.3, 0.4) is 0 Å². The highest BCUT2D eigenvalue weighted by Gasteiger charge is 2.30. The van der Waals surface area contributed by atoms with E-state index in [0.29, 0.717) is 22.8 Å². The average Bonchev–Trinajstić information content (AvgIpc) is 2.95. The zero-order valence-electron chi connectivity index (χ0n) is 13.5. The van der Waals surface area contributed by atoms with Crippen molar-refractivity contribution in [3.8, 4) is 22.8 Å². The lowest BCUT2D eigenvalue weighted by atomic mass is 10.1.